The van der Waals surface area contributed by atoms with Gasteiger partial charge in [0.2, 0.25) is 5.91 Å². The third-order valence-corrected chi connectivity index (χ3v) is 5.57. The number of hydrogen-bond donors (Lipinski definition) is 1. The number of carbonyl (C=O) groups is 1. The first-order valence-corrected chi connectivity index (χ1v) is 9.72. The Morgan fingerprint density at radius 2 is 1.75 bits per heavy atom. The van der Waals surface area contributed by atoms with Crippen LogP contribution in [0.3, 0.4) is 0 Å². The minimum Gasteiger partial charge on any atom is -0.361 e. The van der Waals surface area contributed by atoms with E-state index in [1.54, 1.807) is 0 Å². The predicted molar refractivity (Wildman–Crippen MR) is 109 cm³/mol. The Morgan fingerprint density at radius 1 is 1.00 bits per heavy atom. The maximum atomic E-state index is 12.7. The summed E-state index contributed by atoms with van der Waals surface area (Å²) in [5, 5.41) is 6.47. The fourth-order valence-corrected chi connectivity index (χ4v) is 4.01. The van der Waals surface area contributed by atoms with E-state index >= 15 is 0 Å². The van der Waals surface area contributed by atoms with Crippen molar-refractivity contribution in [3.63, 3.8) is 0 Å². The van der Waals surface area contributed by atoms with Crippen molar-refractivity contribution in [2.75, 3.05) is 31.1 Å². The van der Waals surface area contributed by atoms with Gasteiger partial charge in [0.15, 0.2) is 11.4 Å². The quantitative estimate of drug-likeness (QED) is 0.593. The molecule has 0 unspecified atom stereocenters. The van der Waals surface area contributed by atoms with Gasteiger partial charge < -0.3 is 19.3 Å². The van der Waals surface area contributed by atoms with Gasteiger partial charge in [-0.15, -0.1) is 0 Å². The lowest BCUT2D eigenvalue weighted by Gasteiger charge is -2.34. The van der Waals surface area contributed by atoms with Crippen LogP contribution in [0.1, 0.15) is 12.0 Å². The molecule has 0 aliphatic carbocycles. The first-order valence-electron chi connectivity index (χ1n) is 9.72. The molecular weight excluding hydrogens is 352 g/mol. The molecule has 0 bridgehead atoms. The van der Waals surface area contributed by atoms with E-state index < -0.39 is 0 Å². The van der Waals surface area contributed by atoms with E-state index in [9.17, 15) is 4.79 Å². The van der Waals surface area contributed by atoms with Crippen molar-refractivity contribution in [3.8, 4) is 0 Å². The van der Waals surface area contributed by atoms with Gasteiger partial charge in [0.05, 0.1) is 5.39 Å². The van der Waals surface area contributed by atoms with Crippen molar-refractivity contribution in [1.29, 1.82) is 0 Å². The molecule has 1 N–H and O–H groups in total. The highest BCUT2D eigenvalue weighted by Crippen LogP contribution is 2.26. The number of piperazine rings is 1. The van der Waals surface area contributed by atoms with Gasteiger partial charge in [-0.25, -0.2) is 0 Å². The molecule has 4 aromatic rings. The zero-order chi connectivity index (χ0) is 18.9. The van der Waals surface area contributed by atoms with Gasteiger partial charge in [-0.3, -0.25) is 4.79 Å². The molecule has 5 rings (SSSR count). The summed E-state index contributed by atoms with van der Waals surface area (Å²) < 4.78 is 5.42. The third-order valence-electron chi connectivity index (χ3n) is 5.57. The van der Waals surface area contributed by atoms with Crippen molar-refractivity contribution >= 4 is 33.6 Å². The lowest BCUT2D eigenvalue weighted by Crippen LogP contribution is -2.49. The van der Waals surface area contributed by atoms with E-state index in [1.807, 2.05) is 47.5 Å². The Hall–Kier alpha value is -3.28. The van der Waals surface area contributed by atoms with Crippen LogP contribution in [0, 0.1) is 0 Å². The zero-order valence-corrected chi connectivity index (χ0v) is 15.6. The van der Waals surface area contributed by atoms with Crippen LogP contribution < -0.4 is 4.90 Å². The number of aromatic amines is 1. The minimum absolute atomic E-state index is 0.218. The number of amides is 1. The molecule has 1 amide bonds. The van der Waals surface area contributed by atoms with Gasteiger partial charge in [0.1, 0.15) is 0 Å². The smallest absolute Gasteiger partial charge is 0.223 e. The SMILES string of the molecule is O=C(CCc1c[nH]c2ccccc12)N1CCN(c2noc3ccccc23)CC1. The summed E-state index contributed by atoms with van der Waals surface area (Å²) in [5.74, 6) is 1.09. The van der Waals surface area contributed by atoms with E-state index in [4.69, 9.17) is 4.52 Å². The molecule has 6 heteroatoms. The summed E-state index contributed by atoms with van der Waals surface area (Å²) in [6.45, 7) is 2.98. The Labute approximate surface area is 162 Å². The number of hydrogen-bond acceptors (Lipinski definition) is 4. The fourth-order valence-electron chi connectivity index (χ4n) is 4.01. The molecular formula is C22H22N4O2. The topological polar surface area (TPSA) is 65.4 Å². The number of fused-ring (bicyclic) bond motifs is 2. The minimum atomic E-state index is 0.218. The Bertz CT molecular complexity index is 1120. The summed E-state index contributed by atoms with van der Waals surface area (Å²) in [6, 6.07) is 16.1. The average Bonchev–Trinajstić information content (AvgIpc) is 3.36. The highest BCUT2D eigenvalue weighted by molar-refractivity contribution is 5.88. The van der Waals surface area contributed by atoms with Gasteiger partial charge >= 0.3 is 0 Å². The number of nitrogens with one attached hydrogen (secondary N) is 1. The second-order valence-electron chi connectivity index (χ2n) is 7.23. The predicted octanol–water partition coefficient (Wildman–Crippen LogP) is 3.59. The van der Waals surface area contributed by atoms with Crippen molar-refractivity contribution in [2.24, 2.45) is 0 Å². The first kappa shape index (κ1) is 16.9. The molecule has 0 atom stereocenters. The molecule has 1 saturated heterocycles. The van der Waals surface area contributed by atoms with Crippen molar-refractivity contribution in [2.45, 2.75) is 12.8 Å². The van der Waals surface area contributed by atoms with Crippen LogP contribution in [0.25, 0.3) is 21.9 Å². The number of aryl methyl sites for hydroxylation is 1. The average molecular weight is 374 g/mol. The summed E-state index contributed by atoms with van der Waals surface area (Å²) in [5.41, 5.74) is 3.13. The molecule has 28 heavy (non-hydrogen) atoms. The lowest BCUT2D eigenvalue weighted by molar-refractivity contribution is -0.131. The number of para-hydroxylation sites is 2. The molecule has 2 aromatic carbocycles. The number of benzene rings is 2. The number of carbonyl (C=O) groups excluding carboxylic acids is 1. The largest absolute Gasteiger partial charge is 0.361 e. The monoisotopic (exact) mass is 374 g/mol. The Balaban J connectivity index is 1.20. The van der Waals surface area contributed by atoms with Crippen molar-refractivity contribution in [1.82, 2.24) is 15.0 Å². The van der Waals surface area contributed by atoms with Crippen LogP contribution in [0.4, 0.5) is 5.82 Å². The van der Waals surface area contributed by atoms with E-state index in [2.05, 4.69) is 27.2 Å². The van der Waals surface area contributed by atoms with Crippen LogP contribution in [-0.4, -0.2) is 47.1 Å². The molecule has 3 heterocycles. The third kappa shape index (κ3) is 3.01. The Kier molecular flexibility index (Phi) is 4.24. The molecule has 1 fully saturated rings. The van der Waals surface area contributed by atoms with Crippen LogP contribution in [0.5, 0.6) is 0 Å². The van der Waals surface area contributed by atoms with Gasteiger partial charge in [-0.1, -0.05) is 35.5 Å². The molecule has 1 aliphatic rings. The van der Waals surface area contributed by atoms with E-state index in [0.29, 0.717) is 19.5 Å². The number of aromatic nitrogens is 2. The molecule has 142 valence electrons. The molecule has 6 nitrogen and oxygen atoms in total. The van der Waals surface area contributed by atoms with Gasteiger partial charge in [0.25, 0.3) is 0 Å². The molecule has 0 saturated carbocycles. The standard InChI is InChI=1S/C22H22N4O2/c27-21(10-9-16-15-23-19-7-3-1-5-17(16)19)25-11-13-26(14-12-25)22-18-6-2-4-8-20(18)28-24-22/h1-8,15,23H,9-14H2. The van der Waals surface area contributed by atoms with Crippen LogP contribution in [0.15, 0.2) is 59.3 Å². The number of anilines is 1. The lowest BCUT2D eigenvalue weighted by atomic mass is 10.1. The second kappa shape index (κ2) is 7.03. The van der Waals surface area contributed by atoms with E-state index in [0.717, 1.165) is 41.8 Å². The first-order chi connectivity index (χ1) is 13.8. The number of rotatable bonds is 4. The summed E-state index contributed by atoms with van der Waals surface area (Å²) in [4.78, 5) is 20.1. The maximum absolute atomic E-state index is 12.7. The van der Waals surface area contributed by atoms with Crippen LogP contribution >= 0.6 is 0 Å². The van der Waals surface area contributed by atoms with Gasteiger partial charge in [0, 0.05) is 49.7 Å². The van der Waals surface area contributed by atoms with Gasteiger partial charge in [-0.2, -0.15) is 0 Å². The van der Waals surface area contributed by atoms with E-state index in [1.165, 1.54) is 10.9 Å². The van der Waals surface area contributed by atoms with Crippen molar-refractivity contribution in [3.05, 3.63) is 60.3 Å². The van der Waals surface area contributed by atoms with Gasteiger partial charge in [-0.05, 0) is 30.2 Å². The highest BCUT2D eigenvalue weighted by atomic mass is 16.5. The highest BCUT2D eigenvalue weighted by Gasteiger charge is 2.24. The molecule has 2 aromatic heterocycles. The summed E-state index contributed by atoms with van der Waals surface area (Å²) in [6.07, 6.45) is 3.32. The maximum Gasteiger partial charge on any atom is 0.223 e. The molecule has 0 radical (unpaired) electrons. The van der Waals surface area contributed by atoms with E-state index in [-0.39, 0.29) is 5.91 Å². The van der Waals surface area contributed by atoms with Crippen LogP contribution in [-0.2, 0) is 11.2 Å². The summed E-state index contributed by atoms with van der Waals surface area (Å²) >= 11 is 0. The van der Waals surface area contributed by atoms with Crippen LogP contribution in [0.2, 0.25) is 0 Å². The molecule has 1 aliphatic heterocycles. The zero-order valence-electron chi connectivity index (χ0n) is 15.6. The Morgan fingerprint density at radius 3 is 2.61 bits per heavy atom. The van der Waals surface area contributed by atoms with Crippen molar-refractivity contribution < 1.29 is 9.32 Å². The molecule has 0 spiro atoms. The second-order valence-corrected chi connectivity index (χ2v) is 7.23. The number of H-pyrrole nitrogens is 1. The summed E-state index contributed by atoms with van der Waals surface area (Å²) in [7, 11) is 0. The number of nitrogens with zero attached hydrogens (tertiary/aromatic N) is 3. The normalized spacial score (nSPS) is 14.9. The fraction of sp³-hybridized carbons (Fsp3) is 0.273.